The molecule has 0 spiro atoms. The Kier molecular flexibility index (Phi) is 3.09. The van der Waals surface area contributed by atoms with Crippen LogP contribution in [-0.2, 0) is 0 Å². The molecule has 15 heavy (non-hydrogen) atoms. The quantitative estimate of drug-likeness (QED) is 0.785. The van der Waals surface area contributed by atoms with Crippen LogP contribution >= 0.6 is 23.2 Å². The average Bonchev–Trinajstić information content (AvgIpc) is 2.25. The van der Waals surface area contributed by atoms with Gasteiger partial charge in [-0.1, -0.05) is 35.3 Å². The maximum atomic E-state index is 5.94. The summed E-state index contributed by atoms with van der Waals surface area (Å²) in [6, 6.07) is 10.6. The third-order valence-electron chi connectivity index (χ3n) is 1.76. The largest absolute Gasteiger partial charge is 0.436 e. The van der Waals surface area contributed by atoms with Crippen LogP contribution in [0.5, 0.6) is 11.6 Å². The maximum absolute atomic E-state index is 5.94. The molecule has 0 saturated carbocycles. The Morgan fingerprint density at radius 1 is 0.933 bits per heavy atom. The number of benzene rings is 1. The maximum Gasteiger partial charge on any atom is 0.219 e. The second-order valence-electron chi connectivity index (χ2n) is 2.82. The van der Waals surface area contributed by atoms with Gasteiger partial charge in [-0.2, -0.15) is 0 Å². The van der Waals surface area contributed by atoms with E-state index in [1.54, 1.807) is 36.5 Å². The van der Waals surface area contributed by atoms with Gasteiger partial charge < -0.3 is 4.74 Å². The van der Waals surface area contributed by atoms with Crippen LogP contribution in [0.15, 0.2) is 42.6 Å². The Labute approximate surface area is 97.4 Å². The zero-order chi connectivity index (χ0) is 10.7. The number of ether oxygens (including phenoxy) is 1. The molecule has 2 nitrogen and oxygen atoms in total. The molecule has 0 unspecified atom stereocenters. The van der Waals surface area contributed by atoms with Crippen LogP contribution in [0, 0.1) is 0 Å². The molecule has 0 bridgehead atoms. The monoisotopic (exact) mass is 239 g/mol. The summed E-state index contributed by atoms with van der Waals surface area (Å²) < 4.78 is 5.46. The Morgan fingerprint density at radius 2 is 1.67 bits per heavy atom. The zero-order valence-corrected chi connectivity index (χ0v) is 9.16. The van der Waals surface area contributed by atoms with E-state index in [1.807, 2.05) is 6.07 Å². The van der Waals surface area contributed by atoms with Gasteiger partial charge in [0.2, 0.25) is 5.88 Å². The van der Waals surface area contributed by atoms with Crippen LogP contribution in [0.1, 0.15) is 0 Å². The van der Waals surface area contributed by atoms with E-state index in [9.17, 15) is 0 Å². The van der Waals surface area contributed by atoms with Gasteiger partial charge in [-0.25, -0.2) is 4.98 Å². The summed E-state index contributed by atoms with van der Waals surface area (Å²) in [6.07, 6.45) is 1.64. The van der Waals surface area contributed by atoms with Gasteiger partial charge in [-0.05, 0) is 18.2 Å². The number of para-hydroxylation sites is 1. The standard InChI is InChI=1S/C11H7Cl2NO/c12-8-4-3-5-9(13)11(8)15-10-6-1-2-7-14-10/h1-7H. The lowest BCUT2D eigenvalue weighted by atomic mass is 10.3. The number of hydrogen-bond donors (Lipinski definition) is 0. The fourth-order valence-corrected chi connectivity index (χ4v) is 1.57. The minimum atomic E-state index is 0.430. The zero-order valence-electron chi connectivity index (χ0n) is 7.65. The Balaban J connectivity index is 2.32. The first-order valence-corrected chi connectivity index (χ1v) is 5.06. The van der Waals surface area contributed by atoms with Gasteiger partial charge in [0.05, 0.1) is 10.0 Å². The van der Waals surface area contributed by atoms with Crippen molar-refractivity contribution >= 4 is 23.2 Å². The van der Waals surface area contributed by atoms with Gasteiger partial charge in [-0.15, -0.1) is 0 Å². The second kappa shape index (κ2) is 4.51. The fraction of sp³-hybridized carbons (Fsp3) is 0. The van der Waals surface area contributed by atoms with Crippen LogP contribution in [0.4, 0.5) is 0 Å². The van der Waals surface area contributed by atoms with E-state index >= 15 is 0 Å². The topological polar surface area (TPSA) is 22.1 Å². The van der Waals surface area contributed by atoms with E-state index < -0.39 is 0 Å². The van der Waals surface area contributed by atoms with Crippen molar-refractivity contribution in [2.24, 2.45) is 0 Å². The van der Waals surface area contributed by atoms with Crippen molar-refractivity contribution in [2.75, 3.05) is 0 Å². The van der Waals surface area contributed by atoms with Crippen molar-refractivity contribution in [3.63, 3.8) is 0 Å². The van der Waals surface area contributed by atoms with Crippen molar-refractivity contribution in [1.82, 2.24) is 4.98 Å². The first kappa shape index (κ1) is 10.3. The van der Waals surface area contributed by atoms with Crippen LogP contribution in [-0.4, -0.2) is 4.98 Å². The first-order valence-electron chi connectivity index (χ1n) is 4.30. The first-order chi connectivity index (χ1) is 7.27. The molecule has 0 fully saturated rings. The SMILES string of the molecule is Clc1cccc(Cl)c1Oc1ccccn1. The van der Waals surface area contributed by atoms with E-state index in [4.69, 9.17) is 27.9 Å². The normalized spacial score (nSPS) is 10.0. The van der Waals surface area contributed by atoms with Crippen molar-refractivity contribution in [3.05, 3.63) is 52.6 Å². The summed E-state index contributed by atoms with van der Waals surface area (Å²) >= 11 is 11.9. The van der Waals surface area contributed by atoms with Gasteiger partial charge in [0.1, 0.15) is 0 Å². The van der Waals surface area contributed by atoms with E-state index in [1.165, 1.54) is 0 Å². The minimum absolute atomic E-state index is 0.430. The predicted octanol–water partition coefficient (Wildman–Crippen LogP) is 4.18. The highest BCUT2D eigenvalue weighted by molar-refractivity contribution is 6.37. The Bertz CT molecular complexity index is 439. The molecule has 0 radical (unpaired) electrons. The number of hydrogen-bond acceptors (Lipinski definition) is 2. The summed E-state index contributed by atoms with van der Waals surface area (Å²) in [7, 11) is 0. The molecule has 1 aromatic heterocycles. The number of halogens is 2. The molecule has 0 aliphatic rings. The lowest BCUT2D eigenvalue weighted by Crippen LogP contribution is -1.88. The molecule has 2 rings (SSSR count). The van der Waals surface area contributed by atoms with Crippen molar-refractivity contribution in [1.29, 1.82) is 0 Å². The number of aromatic nitrogens is 1. The summed E-state index contributed by atoms with van der Waals surface area (Å²) in [5.41, 5.74) is 0. The molecule has 1 heterocycles. The van der Waals surface area contributed by atoms with Crippen molar-refractivity contribution in [2.45, 2.75) is 0 Å². The fourth-order valence-electron chi connectivity index (χ4n) is 1.09. The molecule has 1 aromatic carbocycles. The number of rotatable bonds is 2. The van der Waals surface area contributed by atoms with Gasteiger partial charge in [0.25, 0.3) is 0 Å². The highest BCUT2D eigenvalue weighted by Gasteiger charge is 2.07. The molecule has 0 atom stereocenters. The number of pyridine rings is 1. The second-order valence-corrected chi connectivity index (χ2v) is 3.64. The van der Waals surface area contributed by atoms with E-state index in [-0.39, 0.29) is 0 Å². The highest BCUT2D eigenvalue weighted by atomic mass is 35.5. The molecule has 4 heteroatoms. The third-order valence-corrected chi connectivity index (χ3v) is 2.36. The molecule has 0 saturated heterocycles. The van der Waals surface area contributed by atoms with Gasteiger partial charge in [0.15, 0.2) is 5.75 Å². The van der Waals surface area contributed by atoms with Crippen molar-refractivity contribution < 1.29 is 4.74 Å². The van der Waals surface area contributed by atoms with Crippen molar-refractivity contribution in [3.8, 4) is 11.6 Å². The molecule has 2 aromatic rings. The predicted molar refractivity (Wildman–Crippen MR) is 60.8 cm³/mol. The van der Waals surface area contributed by atoms with E-state index in [2.05, 4.69) is 4.98 Å². The highest BCUT2D eigenvalue weighted by Crippen LogP contribution is 2.35. The van der Waals surface area contributed by atoms with Crippen LogP contribution < -0.4 is 4.74 Å². The van der Waals surface area contributed by atoms with Crippen LogP contribution in [0.25, 0.3) is 0 Å². The summed E-state index contributed by atoms with van der Waals surface area (Å²) in [5.74, 6) is 0.895. The molecule has 0 aliphatic heterocycles. The smallest absolute Gasteiger partial charge is 0.219 e. The van der Waals surface area contributed by atoms with Gasteiger partial charge >= 0.3 is 0 Å². The molecular formula is C11H7Cl2NO. The van der Waals surface area contributed by atoms with Gasteiger partial charge in [-0.3, -0.25) is 0 Å². The number of nitrogens with zero attached hydrogens (tertiary/aromatic N) is 1. The third kappa shape index (κ3) is 2.41. The van der Waals surface area contributed by atoms with Crippen LogP contribution in [0.2, 0.25) is 10.0 Å². The summed E-state index contributed by atoms with van der Waals surface area (Å²) in [5, 5.41) is 0.932. The molecule has 0 aliphatic carbocycles. The Morgan fingerprint density at radius 3 is 2.27 bits per heavy atom. The molecule has 76 valence electrons. The molecular weight excluding hydrogens is 233 g/mol. The minimum Gasteiger partial charge on any atom is -0.436 e. The summed E-state index contributed by atoms with van der Waals surface area (Å²) in [6.45, 7) is 0. The molecule has 0 N–H and O–H groups in total. The molecule has 0 amide bonds. The van der Waals surface area contributed by atoms with E-state index in [0.29, 0.717) is 21.7 Å². The summed E-state index contributed by atoms with van der Waals surface area (Å²) in [4.78, 5) is 4.02. The average molecular weight is 240 g/mol. The Hall–Kier alpha value is -1.25. The van der Waals surface area contributed by atoms with Crippen LogP contribution in [0.3, 0.4) is 0 Å². The van der Waals surface area contributed by atoms with Gasteiger partial charge in [0, 0.05) is 12.3 Å². The lowest BCUT2D eigenvalue weighted by Gasteiger charge is -2.07. The lowest BCUT2D eigenvalue weighted by molar-refractivity contribution is 0.463. The van der Waals surface area contributed by atoms with E-state index in [0.717, 1.165) is 0 Å².